The molecular formula is C16H24N2O. The minimum Gasteiger partial charge on any atom is -0.378 e. The molecule has 1 N–H and O–H groups in total. The van der Waals surface area contributed by atoms with Gasteiger partial charge in [0.15, 0.2) is 0 Å². The Morgan fingerprint density at radius 3 is 2.89 bits per heavy atom. The highest BCUT2D eigenvalue weighted by molar-refractivity contribution is 5.15. The Labute approximate surface area is 115 Å². The van der Waals surface area contributed by atoms with E-state index in [0.717, 1.165) is 18.7 Å². The lowest BCUT2D eigenvalue weighted by atomic mass is 9.51. The van der Waals surface area contributed by atoms with Crippen molar-refractivity contribution in [1.29, 1.82) is 0 Å². The van der Waals surface area contributed by atoms with Crippen LogP contribution < -0.4 is 5.32 Å². The van der Waals surface area contributed by atoms with Crippen LogP contribution in [0.5, 0.6) is 0 Å². The molecule has 2 saturated carbocycles. The van der Waals surface area contributed by atoms with Gasteiger partial charge in [-0.2, -0.15) is 0 Å². The second-order valence-electron chi connectivity index (χ2n) is 5.96. The summed E-state index contributed by atoms with van der Waals surface area (Å²) in [6, 6.07) is 7.06. The molecule has 1 aromatic heterocycles. The molecule has 3 rings (SSSR count). The van der Waals surface area contributed by atoms with Crippen molar-refractivity contribution < 1.29 is 4.74 Å². The Kier molecular flexibility index (Phi) is 3.59. The van der Waals surface area contributed by atoms with Crippen molar-refractivity contribution in [2.45, 2.75) is 57.7 Å². The van der Waals surface area contributed by atoms with Crippen LogP contribution in [0.4, 0.5) is 0 Å². The molecule has 2 aliphatic rings. The average molecular weight is 260 g/mol. The molecule has 1 heterocycles. The van der Waals surface area contributed by atoms with Gasteiger partial charge in [0.1, 0.15) is 0 Å². The van der Waals surface area contributed by atoms with Crippen LogP contribution in [0, 0.1) is 5.41 Å². The van der Waals surface area contributed by atoms with Crippen molar-refractivity contribution in [3.05, 3.63) is 30.1 Å². The van der Waals surface area contributed by atoms with Crippen molar-refractivity contribution in [3.8, 4) is 0 Å². The molecule has 0 radical (unpaired) electrons. The van der Waals surface area contributed by atoms with Crippen LogP contribution in [0.25, 0.3) is 0 Å². The number of rotatable bonds is 5. The van der Waals surface area contributed by atoms with E-state index < -0.39 is 0 Å². The molecule has 0 aliphatic heterocycles. The van der Waals surface area contributed by atoms with Crippen molar-refractivity contribution >= 4 is 0 Å². The predicted molar refractivity (Wildman–Crippen MR) is 75.9 cm³/mol. The molecule has 0 amide bonds. The van der Waals surface area contributed by atoms with Gasteiger partial charge in [0.05, 0.1) is 11.8 Å². The SMILES string of the molecule is CCOC1CC(NC(C)c2ccccn2)C12CCC2. The molecule has 3 unspecified atom stereocenters. The van der Waals surface area contributed by atoms with Gasteiger partial charge in [0.25, 0.3) is 0 Å². The molecule has 2 aliphatic carbocycles. The molecule has 2 fully saturated rings. The van der Waals surface area contributed by atoms with Gasteiger partial charge in [-0.3, -0.25) is 4.98 Å². The molecule has 1 aromatic rings. The lowest BCUT2D eigenvalue weighted by molar-refractivity contribution is -0.174. The predicted octanol–water partition coefficient (Wildman–Crippen LogP) is 3.08. The molecule has 3 nitrogen and oxygen atoms in total. The van der Waals surface area contributed by atoms with E-state index in [1.165, 1.54) is 19.3 Å². The molecule has 0 aromatic carbocycles. The van der Waals surface area contributed by atoms with Crippen molar-refractivity contribution in [2.75, 3.05) is 6.61 Å². The third kappa shape index (κ3) is 2.19. The second-order valence-corrected chi connectivity index (χ2v) is 5.96. The molecule has 0 saturated heterocycles. The summed E-state index contributed by atoms with van der Waals surface area (Å²) >= 11 is 0. The number of pyridine rings is 1. The van der Waals surface area contributed by atoms with Gasteiger partial charge in [0, 0.05) is 30.3 Å². The maximum atomic E-state index is 5.90. The smallest absolute Gasteiger partial charge is 0.0661 e. The van der Waals surface area contributed by atoms with Crippen LogP contribution in [0.15, 0.2) is 24.4 Å². The highest BCUT2D eigenvalue weighted by atomic mass is 16.5. The van der Waals surface area contributed by atoms with Gasteiger partial charge in [-0.15, -0.1) is 0 Å². The first kappa shape index (κ1) is 13.1. The fourth-order valence-corrected chi connectivity index (χ4v) is 3.69. The van der Waals surface area contributed by atoms with Gasteiger partial charge in [-0.25, -0.2) is 0 Å². The standard InChI is InChI=1S/C16H24N2O/c1-3-19-15-11-14(16(15)8-6-9-16)18-12(2)13-7-4-5-10-17-13/h4-5,7,10,12,14-15,18H,3,6,8-9,11H2,1-2H3. The van der Waals surface area contributed by atoms with Crippen LogP contribution >= 0.6 is 0 Å². The fourth-order valence-electron chi connectivity index (χ4n) is 3.69. The highest BCUT2D eigenvalue weighted by Crippen LogP contribution is 2.57. The van der Waals surface area contributed by atoms with Gasteiger partial charge >= 0.3 is 0 Å². The zero-order chi connectivity index (χ0) is 13.3. The van der Waals surface area contributed by atoms with Crippen LogP contribution in [-0.2, 0) is 4.74 Å². The topological polar surface area (TPSA) is 34.1 Å². The minimum atomic E-state index is 0.325. The summed E-state index contributed by atoms with van der Waals surface area (Å²) in [4.78, 5) is 4.44. The molecule has 3 atom stereocenters. The lowest BCUT2D eigenvalue weighted by Gasteiger charge is -2.61. The van der Waals surface area contributed by atoms with E-state index >= 15 is 0 Å². The number of ether oxygens (including phenoxy) is 1. The van der Waals surface area contributed by atoms with E-state index in [-0.39, 0.29) is 0 Å². The Morgan fingerprint density at radius 2 is 2.32 bits per heavy atom. The first-order valence-corrected chi connectivity index (χ1v) is 7.55. The highest BCUT2D eigenvalue weighted by Gasteiger charge is 2.58. The Hall–Kier alpha value is -0.930. The quantitative estimate of drug-likeness (QED) is 0.883. The average Bonchev–Trinajstić information content (AvgIpc) is 2.36. The van der Waals surface area contributed by atoms with E-state index in [9.17, 15) is 0 Å². The summed E-state index contributed by atoms with van der Waals surface area (Å²) in [5.74, 6) is 0. The molecule has 104 valence electrons. The normalized spacial score (nSPS) is 29.6. The maximum absolute atomic E-state index is 5.90. The zero-order valence-corrected chi connectivity index (χ0v) is 11.9. The monoisotopic (exact) mass is 260 g/mol. The van der Waals surface area contributed by atoms with E-state index in [2.05, 4.69) is 36.3 Å². The minimum absolute atomic E-state index is 0.325. The van der Waals surface area contributed by atoms with Gasteiger partial charge in [0.2, 0.25) is 0 Å². The molecule has 19 heavy (non-hydrogen) atoms. The van der Waals surface area contributed by atoms with Crippen LogP contribution in [0.2, 0.25) is 0 Å². The summed E-state index contributed by atoms with van der Waals surface area (Å²) in [7, 11) is 0. The third-order valence-electron chi connectivity index (χ3n) is 5.02. The Balaban J connectivity index is 1.62. The molecular weight excluding hydrogens is 236 g/mol. The van der Waals surface area contributed by atoms with Crippen molar-refractivity contribution in [3.63, 3.8) is 0 Å². The number of aromatic nitrogens is 1. The first-order chi connectivity index (χ1) is 9.26. The zero-order valence-electron chi connectivity index (χ0n) is 11.9. The third-order valence-corrected chi connectivity index (χ3v) is 5.02. The van der Waals surface area contributed by atoms with Crippen molar-refractivity contribution in [1.82, 2.24) is 10.3 Å². The Morgan fingerprint density at radius 1 is 1.47 bits per heavy atom. The van der Waals surface area contributed by atoms with E-state index in [1.807, 2.05) is 12.3 Å². The fraction of sp³-hybridized carbons (Fsp3) is 0.688. The van der Waals surface area contributed by atoms with Crippen LogP contribution in [0.1, 0.15) is 51.3 Å². The summed E-state index contributed by atoms with van der Waals surface area (Å²) < 4.78 is 5.90. The summed E-state index contributed by atoms with van der Waals surface area (Å²) in [6.45, 7) is 5.15. The number of hydrogen-bond acceptors (Lipinski definition) is 3. The van der Waals surface area contributed by atoms with E-state index in [4.69, 9.17) is 4.74 Å². The lowest BCUT2D eigenvalue weighted by Crippen LogP contribution is -2.67. The number of hydrogen-bond donors (Lipinski definition) is 1. The van der Waals surface area contributed by atoms with Crippen LogP contribution in [0.3, 0.4) is 0 Å². The number of nitrogens with zero attached hydrogens (tertiary/aromatic N) is 1. The summed E-state index contributed by atoms with van der Waals surface area (Å²) in [5, 5.41) is 3.77. The summed E-state index contributed by atoms with van der Waals surface area (Å²) in [5.41, 5.74) is 1.57. The first-order valence-electron chi connectivity index (χ1n) is 7.55. The molecule has 3 heteroatoms. The van der Waals surface area contributed by atoms with Gasteiger partial charge in [-0.05, 0) is 45.2 Å². The molecule has 1 spiro atoms. The van der Waals surface area contributed by atoms with E-state index in [1.54, 1.807) is 0 Å². The van der Waals surface area contributed by atoms with Crippen LogP contribution in [-0.4, -0.2) is 23.7 Å². The largest absolute Gasteiger partial charge is 0.378 e. The van der Waals surface area contributed by atoms with Crippen molar-refractivity contribution in [2.24, 2.45) is 5.41 Å². The number of nitrogens with one attached hydrogen (secondary N) is 1. The molecule has 0 bridgehead atoms. The van der Waals surface area contributed by atoms with Gasteiger partial charge < -0.3 is 10.1 Å². The Bertz CT molecular complexity index is 416. The van der Waals surface area contributed by atoms with Gasteiger partial charge in [-0.1, -0.05) is 12.5 Å². The van der Waals surface area contributed by atoms with E-state index in [0.29, 0.717) is 23.6 Å². The maximum Gasteiger partial charge on any atom is 0.0661 e. The summed E-state index contributed by atoms with van der Waals surface area (Å²) in [6.07, 6.45) is 7.52. The second kappa shape index (κ2) is 5.22.